The van der Waals surface area contributed by atoms with Crippen LogP contribution < -0.4 is 4.74 Å². The third kappa shape index (κ3) is 3.36. The summed E-state index contributed by atoms with van der Waals surface area (Å²) in [6, 6.07) is 0.179. The molecule has 0 radical (unpaired) electrons. The molecule has 1 aromatic rings. The Bertz CT molecular complexity index is 491. The van der Waals surface area contributed by atoms with Crippen molar-refractivity contribution < 1.29 is 14.6 Å². The number of aromatic carboxylic acids is 1. The number of thioether (sulfide) groups is 1. The smallest absolute Gasteiger partial charge is 0.358 e. The van der Waals surface area contributed by atoms with Gasteiger partial charge in [0.05, 0.1) is 18.3 Å². The number of carboxylic acids is 1. The Kier molecular flexibility index (Phi) is 4.73. The summed E-state index contributed by atoms with van der Waals surface area (Å²) < 4.78 is 7.62. The molecule has 1 saturated carbocycles. The Morgan fingerprint density at radius 3 is 2.76 bits per heavy atom. The lowest BCUT2D eigenvalue weighted by Crippen LogP contribution is -2.23. The average Bonchev–Trinajstić information content (AvgIpc) is 2.93. The van der Waals surface area contributed by atoms with Crippen molar-refractivity contribution in [2.45, 2.75) is 57.1 Å². The molecule has 0 aromatic carbocycles. The van der Waals surface area contributed by atoms with Gasteiger partial charge in [-0.2, -0.15) is 16.9 Å². The maximum absolute atomic E-state index is 11.6. The summed E-state index contributed by atoms with van der Waals surface area (Å²) in [5, 5.41) is 13.9. The second-order valence-electron chi connectivity index (χ2n) is 5.86. The first-order valence-electron chi connectivity index (χ1n) is 7.81. The van der Waals surface area contributed by atoms with E-state index in [1.165, 1.54) is 19.3 Å². The molecule has 1 aliphatic heterocycles. The molecule has 6 heteroatoms. The van der Waals surface area contributed by atoms with Crippen LogP contribution in [0.15, 0.2) is 6.20 Å². The monoisotopic (exact) mass is 310 g/mol. The van der Waals surface area contributed by atoms with Crippen molar-refractivity contribution in [2.24, 2.45) is 0 Å². The summed E-state index contributed by atoms with van der Waals surface area (Å²) in [6.45, 7) is 0. The molecule has 0 amide bonds. The molecule has 116 valence electrons. The maximum Gasteiger partial charge on any atom is 0.358 e. The summed E-state index contributed by atoms with van der Waals surface area (Å²) in [6.07, 6.45) is 9.48. The van der Waals surface area contributed by atoms with Crippen molar-refractivity contribution in [3.63, 3.8) is 0 Å². The molecule has 2 fully saturated rings. The van der Waals surface area contributed by atoms with Gasteiger partial charge >= 0.3 is 5.97 Å². The van der Waals surface area contributed by atoms with Crippen LogP contribution in [-0.4, -0.2) is 38.5 Å². The highest BCUT2D eigenvalue weighted by Gasteiger charge is 2.27. The van der Waals surface area contributed by atoms with Gasteiger partial charge in [-0.15, -0.1) is 0 Å². The van der Waals surface area contributed by atoms with Gasteiger partial charge in [-0.1, -0.05) is 6.42 Å². The highest BCUT2D eigenvalue weighted by molar-refractivity contribution is 7.99. The normalized spacial score (nSPS) is 23.9. The van der Waals surface area contributed by atoms with Gasteiger partial charge < -0.3 is 9.84 Å². The van der Waals surface area contributed by atoms with E-state index in [-0.39, 0.29) is 17.8 Å². The minimum atomic E-state index is -0.936. The third-order valence-corrected chi connectivity index (χ3v) is 5.49. The second-order valence-corrected chi connectivity index (χ2v) is 7.01. The number of carbonyl (C=O) groups is 1. The van der Waals surface area contributed by atoms with Crippen LogP contribution in [0.25, 0.3) is 0 Å². The van der Waals surface area contributed by atoms with E-state index in [4.69, 9.17) is 4.74 Å². The molecule has 3 rings (SSSR count). The van der Waals surface area contributed by atoms with Crippen LogP contribution in [0.1, 0.15) is 61.5 Å². The van der Waals surface area contributed by atoms with Gasteiger partial charge in [0.1, 0.15) is 0 Å². The van der Waals surface area contributed by atoms with Gasteiger partial charge in [0, 0.05) is 5.75 Å². The van der Waals surface area contributed by atoms with Gasteiger partial charge in [0.15, 0.2) is 11.4 Å². The number of carboxylic acid groups (broad SMARTS) is 1. The second kappa shape index (κ2) is 6.73. The van der Waals surface area contributed by atoms with Crippen LogP contribution in [0.5, 0.6) is 5.75 Å². The quantitative estimate of drug-likeness (QED) is 0.924. The summed E-state index contributed by atoms with van der Waals surface area (Å²) in [5.74, 6) is 1.61. The first kappa shape index (κ1) is 14.8. The fourth-order valence-corrected chi connectivity index (χ4v) is 4.31. The van der Waals surface area contributed by atoms with Crippen LogP contribution >= 0.6 is 11.8 Å². The first-order chi connectivity index (χ1) is 10.3. The minimum Gasteiger partial charge on any atom is -0.486 e. The molecule has 0 spiro atoms. The number of rotatable bonds is 4. The summed E-state index contributed by atoms with van der Waals surface area (Å²) in [4.78, 5) is 11.6. The van der Waals surface area contributed by atoms with Gasteiger partial charge in [-0.25, -0.2) is 4.79 Å². The molecule has 5 nitrogen and oxygen atoms in total. The van der Waals surface area contributed by atoms with Crippen molar-refractivity contribution in [3.05, 3.63) is 11.9 Å². The predicted molar refractivity (Wildman–Crippen MR) is 82.3 cm³/mol. The van der Waals surface area contributed by atoms with Gasteiger partial charge in [0.2, 0.25) is 0 Å². The van der Waals surface area contributed by atoms with Crippen molar-refractivity contribution in [1.82, 2.24) is 9.78 Å². The molecular weight excluding hydrogens is 288 g/mol. The Balaban J connectivity index is 1.79. The van der Waals surface area contributed by atoms with E-state index < -0.39 is 5.97 Å². The maximum atomic E-state index is 11.6. The van der Waals surface area contributed by atoms with E-state index >= 15 is 0 Å². The topological polar surface area (TPSA) is 64.3 Å². The molecule has 1 N–H and O–H groups in total. The van der Waals surface area contributed by atoms with E-state index in [9.17, 15) is 9.90 Å². The number of hydrogen-bond donors (Lipinski definition) is 1. The molecule has 1 saturated heterocycles. The predicted octanol–water partition coefficient (Wildman–Crippen LogP) is 3.36. The van der Waals surface area contributed by atoms with E-state index in [1.807, 2.05) is 11.8 Å². The summed E-state index contributed by atoms with van der Waals surface area (Å²) in [7, 11) is 0. The Labute approximate surface area is 129 Å². The van der Waals surface area contributed by atoms with Crippen molar-refractivity contribution in [1.29, 1.82) is 0 Å². The number of hydrogen-bond acceptors (Lipinski definition) is 4. The minimum absolute atomic E-state index is 0.148. The Hall–Kier alpha value is -1.17. The Morgan fingerprint density at radius 2 is 2.10 bits per heavy atom. The zero-order valence-corrected chi connectivity index (χ0v) is 13.0. The fourth-order valence-electron chi connectivity index (χ4n) is 3.19. The number of aromatic nitrogens is 2. The lowest BCUT2D eigenvalue weighted by molar-refractivity contribution is 0.0668. The summed E-state index contributed by atoms with van der Waals surface area (Å²) >= 11 is 1.87. The molecule has 1 unspecified atom stereocenters. The average molecular weight is 310 g/mol. The summed E-state index contributed by atoms with van der Waals surface area (Å²) in [5.41, 5.74) is 0.230. The zero-order valence-electron chi connectivity index (χ0n) is 12.2. The SMILES string of the molecule is O=C(O)c1c(OC2CCCCC2)cnn1C1CCCSC1. The van der Waals surface area contributed by atoms with E-state index in [1.54, 1.807) is 10.9 Å². The van der Waals surface area contributed by atoms with Gasteiger partial charge in [-0.05, 0) is 44.3 Å². The molecule has 2 aliphatic rings. The molecule has 2 heterocycles. The van der Waals surface area contributed by atoms with Crippen LogP contribution in [0.3, 0.4) is 0 Å². The van der Waals surface area contributed by atoms with E-state index in [0.29, 0.717) is 5.75 Å². The molecule has 1 aromatic heterocycles. The molecule has 0 bridgehead atoms. The van der Waals surface area contributed by atoms with Crippen molar-refractivity contribution in [3.8, 4) is 5.75 Å². The Morgan fingerprint density at radius 1 is 1.29 bits per heavy atom. The van der Waals surface area contributed by atoms with E-state index in [2.05, 4.69) is 5.10 Å². The van der Waals surface area contributed by atoms with Gasteiger partial charge in [-0.3, -0.25) is 4.68 Å². The zero-order chi connectivity index (χ0) is 14.7. The molecule has 21 heavy (non-hydrogen) atoms. The molecule has 1 aliphatic carbocycles. The standard InChI is InChI=1S/C15H22N2O3S/c18-15(19)14-13(20-12-6-2-1-3-7-12)9-16-17(14)11-5-4-8-21-10-11/h9,11-12H,1-8,10H2,(H,18,19). The molecular formula is C15H22N2O3S. The number of nitrogens with zero attached hydrogens (tertiary/aromatic N) is 2. The van der Waals surface area contributed by atoms with Crippen LogP contribution in [0, 0.1) is 0 Å². The van der Waals surface area contributed by atoms with Crippen molar-refractivity contribution >= 4 is 17.7 Å². The largest absolute Gasteiger partial charge is 0.486 e. The van der Waals surface area contributed by atoms with Gasteiger partial charge in [0.25, 0.3) is 0 Å². The lowest BCUT2D eigenvalue weighted by atomic mass is 9.98. The first-order valence-corrected chi connectivity index (χ1v) is 8.96. The van der Waals surface area contributed by atoms with Crippen molar-refractivity contribution in [2.75, 3.05) is 11.5 Å². The molecule has 1 atom stereocenters. The van der Waals surface area contributed by atoms with E-state index in [0.717, 1.165) is 37.2 Å². The fraction of sp³-hybridized carbons (Fsp3) is 0.733. The highest BCUT2D eigenvalue weighted by atomic mass is 32.2. The lowest BCUT2D eigenvalue weighted by Gasteiger charge is -2.24. The highest BCUT2D eigenvalue weighted by Crippen LogP contribution is 2.32. The van der Waals surface area contributed by atoms with Crippen LogP contribution in [0.2, 0.25) is 0 Å². The number of ether oxygens (including phenoxy) is 1. The van der Waals surface area contributed by atoms with Crippen LogP contribution in [-0.2, 0) is 0 Å². The third-order valence-electron chi connectivity index (χ3n) is 4.29. The van der Waals surface area contributed by atoms with Crippen LogP contribution in [0.4, 0.5) is 0 Å².